The normalized spacial score (nSPS) is 12.2. The number of halogens is 3. The van der Waals surface area contributed by atoms with Crippen LogP contribution in [0.4, 0.5) is 4.39 Å². The van der Waals surface area contributed by atoms with Crippen LogP contribution in [0.25, 0.3) is 11.0 Å². The predicted octanol–water partition coefficient (Wildman–Crippen LogP) is 3.59. The molecule has 1 heterocycles. The van der Waals surface area contributed by atoms with Crippen molar-refractivity contribution in [2.45, 2.75) is 3.92 Å². The molecule has 0 amide bonds. The molecular weight excluding hydrogens is 246 g/mol. The van der Waals surface area contributed by atoms with Gasteiger partial charge in [-0.2, -0.15) is 4.39 Å². The van der Waals surface area contributed by atoms with Gasteiger partial charge in [0.1, 0.15) is 6.33 Å². The fraction of sp³-hybridized carbons (Fsp3) is 0.125. The van der Waals surface area contributed by atoms with Crippen LogP contribution in [0.3, 0.4) is 0 Å². The van der Waals surface area contributed by atoms with E-state index in [2.05, 4.69) is 4.98 Å². The Bertz CT molecular complexity index is 452. The molecule has 2 nitrogen and oxygen atoms in total. The van der Waals surface area contributed by atoms with Crippen LogP contribution in [0.15, 0.2) is 30.6 Å². The smallest absolute Gasteiger partial charge is 0.267 e. The minimum absolute atomic E-state index is 0.655. The molecule has 0 atom stereocenters. The maximum atomic E-state index is 12.9. The van der Waals surface area contributed by atoms with Crippen molar-refractivity contribution in [3.8, 4) is 0 Å². The minimum atomic E-state index is -2.34. The van der Waals surface area contributed by atoms with E-state index in [9.17, 15) is 4.39 Å². The number of rotatable bonds is 2. The summed E-state index contributed by atoms with van der Waals surface area (Å²) in [6, 6.07) is 7.33. The molecule has 1 aromatic carbocycles. The Kier molecular flexibility index (Phi) is 2.60. The summed E-state index contributed by atoms with van der Waals surface area (Å²) in [4.78, 5) is 4.06. The number of benzene rings is 1. The van der Waals surface area contributed by atoms with Crippen molar-refractivity contribution in [2.75, 3.05) is 0 Å². The van der Waals surface area contributed by atoms with Crippen LogP contribution in [0.2, 0.25) is 0 Å². The van der Waals surface area contributed by atoms with Crippen molar-refractivity contribution in [2.24, 2.45) is 0 Å². The van der Waals surface area contributed by atoms with Gasteiger partial charge in [-0.3, -0.25) is 3.97 Å². The largest absolute Gasteiger partial charge is 0.324 e. The molecule has 6 heteroatoms. The third kappa shape index (κ3) is 2.13. The van der Waals surface area contributed by atoms with Crippen LogP contribution < -0.4 is 0 Å². The number of para-hydroxylation sites is 2. The quantitative estimate of drug-likeness (QED) is 0.759. The van der Waals surface area contributed by atoms with Gasteiger partial charge in [-0.25, -0.2) is 4.98 Å². The highest BCUT2D eigenvalue weighted by molar-refractivity contribution is 8.01. The van der Waals surface area contributed by atoms with Crippen LogP contribution in [-0.2, 0) is 0 Å². The summed E-state index contributed by atoms with van der Waals surface area (Å²) in [5.41, 5.74) is 1.55. The first-order valence-corrected chi connectivity index (χ1v) is 5.27. The highest BCUT2D eigenvalue weighted by Crippen LogP contribution is 2.38. The summed E-state index contributed by atoms with van der Waals surface area (Å²) in [5, 5.41) is 0. The zero-order valence-electron chi connectivity index (χ0n) is 6.82. The summed E-state index contributed by atoms with van der Waals surface area (Å²) in [7, 11) is 0. The third-order valence-electron chi connectivity index (χ3n) is 1.62. The molecule has 0 radical (unpaired) electrons. The lowest BCUT2D eigenvalue weighted by atomic mass is 10.3. The van der Waals surface area contributed by atoms with E-state index in [-0.39, 0.29) is 0 Å². The Morgan fingerprint density at radius 3 is 2.79 bits per heavy atom. The van der Waals surface area contributed by atoms with Gasteiger partial charge in [-0.05, 0) is 12.1 Å². The molecule has 14 heavy (non-hydrogen) atoms. The van der Waals surface area contributed by atoms with E-state index < -0.39 is 3.92 Å². The molecule has 0 N–H and O–H groups in total. The van der Waals surface area contributed by atoms with Crippen LogP contribution in [0.5, 0.6) is 0 Å². The van der Waals surface area contributed by atoms with Crippen molar-refractivity contribution in [1.82, 2.24) is 8.96 Å². The number of hydrogen-bond donors (Lipinski definition) is 0. The Morgan fingerprint density at radius 1 is 1.36 bits per heavy atom. The van der Waals surface area contributed by atoms with E-state index in [1.165, 1.54) is 10.3 Å². The summed E-state index contributed by atoms with van der Waals surface area (Å²) < 4.78 is 12.1. The topological polar surface area (TPSA) is 17.8 Å². The molecule has 0 bridgehead atoms. The Hall–Kier alpha value is -0.450. The molecule has 0 saturated carbocycles. The highest BCUT2D eigenvalue weighted by atomic mass is 35.5. The van der Waals surface area contributed by atoms with Gasteiger partial charge < -0.3 is 0 Å². The Balaban J connectivity index is 2.44. The summed E-state index contributed by atoms with van der Waals surface area (Å²) in [6.45, 7) is 0. The zero-order chi connectivity index (χ0) is 10.2. The highest BCUT2D eigenvalue weighted by Gasteiger charge is 2.25. The molecule has 0 aliphatic carbocycles. The zero-order valence-corrected chi connectivity index (χ0v) is 9.15. The molecule has 2 aromatic rings. The molecule has 2 rings (SSSR count). The predicted molar refractivity (Wildman–Crippen MR) is 58.3 cm³/mol. The lowest BCUT2D eigenvalue weighted by Crippen LogP contribution is -2.00. The van der Waals surface area contributed by atoms with Crippen molar-refractivity contribution in [1.29, 1.82) is 0 Å². The average Bonchev–Trinajstić information content (AvgIpc) is 2.47. The lowest BCUT2D eigenvalue weighted by molar-refractivity contribution is 0.514. The van der Waals surface area contributed by atoms with Gasteiger partial charge in [0.2, 0.25) is 0 Å². The van der Waals surface area contributed by atoms with E-state index in [1.54, 1.807) is 0 Å². The monoisotopic (exact) mass is 250 g/mol. The number of alkyl halides is 3. The van der Waals surface area contributed by atoms with E-state index >= 15 is 0 Å². The molecule has 74 valence electrons. The van der Waals surface area contributed by atoms with Gasteiger partial charge in [0, 0.05) is 11.9 Å². The third-order valence-corrected chi connectivity index (χ3v) is 2.73. The summed E-state index contributed by atoms with van der Waals surface area (Å²) in [6.07, 6.45) is 1.48. The number of nitrogens with zero attached hydrogens (tertiary/aromatic N) is 2. The lowest BCUT2D eigenvalue weighted by Gasteiger charge is -2.08. The number of fused-ring (bicyclic) bond motifs is 1. The average molecular weight is 251 g/mol. The maximum absolute atomic E-state index is 12.9. The first-order chi connectivity index (χ1) is 6.56. The molecule has 0 aliphatic heterocycles. The number of aromatic nitrogens is 2. The second kappa shape index (κ2) is 3.61. The van der Waals surface area contributed by atoms with E-state index in [4.69, 9.17) is 23.2 Å². The molecule has 0 spiro atoms. The second-order valence-corrected chi connectivity index (χ2v) is 5.42. The van der Waals surface area contributed by atoms with Gasteiger partial charge in [0.05, 0.1) is 11.0 Å². The molecule has 0 unspecified atom stereocenters. The molecule has 0 saturated heterocycles. The summed E-state index contributed by atoms with van der Waals surface area (Å²) >= 11 is 11.1. The van der Waals surface area contributed by atoms with Gasteiger partial charge in [-0.1, -0.05) is 35.3 Å². The van der Waals surface area contributed by atoms with Crippen LogP contribution in [-0.4, -0.2) is 12.9 Å². The molecule has 1 aromatic heterocycles. The van der Waals surface area contributed by atoms with Gasteiger partial charge in [-0.15, -0.1) is 0 Å². The minimum Gasteiger partial charge on any atom is -0.267 e. The van der Waals surface area contributed by atoms with Crippen LogP contribution >= 0.6 is 35.1 Å². The number of hydrogen-bond acceptors (Lipinski definition) is 2. The Labute approximate surface area is 94.1 Å². The van der Waals surface area contributed by atoms with Gasteiger partial charge in [0.25, 0.3) is 0 Å². The molecule has 0 fully saturated rings. The number of imidazole rings is 1. The van der Waals surface area contributed by atoms with Crippen molar-refractivity contribution < 1.29 is 4.39 Å². The fourth-order valence-corrected chi connectivity index (χ4v) is 2.14. The van der Waals surface area contributed by atoms with Crippen molar-refractivity contribution in [3.05, 3.63) is 30.6 Å². The summed E-state index contributed by atoms with van der Waals surface area (Å²) in [5.74, 6) is 0. The Morgan fingerprint density at radius 2 is 2.07 bits per heavy atom. The van der Waals surface area contributed by atoms with Gasteiger partial charge >= 0.3 is 3.92 Å². The maximum Gasteiger partial charge on any atom is 0.324 e. The van der Waals surface area contributed by atoms with E-state index in [0.29, 0.717) is 11.9 Å². The van der Waals surface area contributed by atoms with Crippen LogP contribution in [0.1, 0.15) is 0 Å². The fourth-order valence-electron chi connectivity index (χ4n) is 1.12. The van der Waals surface area contributed by atoms with Gasteiger partial charge in [0.15, 0.2) is 0 Å². The first-order valence-electron chi connectivity index (χ1n) is 3.74. The van der Waals surface area contributed by atoms with Crippen molar-refractivity contribution >= 4 is 46.2 Å². The first kappa shape index (κ1) is 10.1. The van der Waals surface area contributed by atoms with E-state index in [1.807, 2.05) is 24.3 Å². The molecular formula is C8H5Cl2FN2S. The van der Waals surface area contributed by atoms with Crippen LogP contribution in [0, 0.1) is 0 Å². The van der Waals surface area contributed by atoms with Crippen molar-refractivity contribution in [3.63, 3.8) is 0 Å². The van der Waals surface area contributed by atoms with E-state index in [0.717, 1.165) is 11.0 Å². The second-order valence-electron chi connectivity index (χ2n) is 2.60. The SMILES string of the molecule is FC(Cl)(Cl)Sn1cnc2ccccc21. The molecule has 0 aliphatic rings. The standard InChI is InChI=1S/C8H5Cl2FN2S/c9-8(10,11)14-13-5-12-6-3-1-2-4-7(6)13/h1-5H.